The first-order valence-corrected chi connectivity index (χ1v) is 8.06. The largest absolute Gasteiger partial charge is 0.465 e. The molecule has 1 aliphatic heterocycles. The van der Waals surface area contributed by atoms with Crippen LogP contribution in [0, 0.1) is 0 Å². The molecule has 6 nitrogen and oxygen atoms in total. The number of halogens is 1. The molecule has 1 aromatic carbocycles. The standard InChI is InChI=1S/C16H22ClN3O3/c1-2-23-16(22)15(12-3-5-13(17)6-4-12)20-9-7-19(8-10-20)11-14(18)21/h3-6,15H,2,7-11H2,1H3,(H2,18,21)/t15-/m0/s1. The molecule has 1 saturated heterocycles. The number of nitrogens with two attached hydrogens (primary N) is 1. The molecule has 0 bridgehead atoms. The van der Waals surface area contributed by atoms with Gasteiger partial charge >= 0.3 is 5.97 Å². The Bertz CT molecular complexity index is 542. The summed E-state index contributed by atoms with van der Waals surface area (Å²) in [5.41, 5.74) is 6.09. The third-order valence-corrected chi connectivity index (χ3v) is 4.10. The van der Waals surface area contributed by atoms with E-state index in [0.717, 1.165) is 5.56 Å². The van der Waals surface area contributed by atoms with E-state index in [0.29, 0.717) is 37.8 Å². The minimum absolute atomic E-state index is 0.249. The van der Waals surface area contributed by atoms with Crippen LogP contribution in [-0.2, 0) is 14.3 Å². The highest BCUT2D eigenvalue weighted by atomic mass is 35.5. The quantitative estimate of drug-likeness (QED) is 0.784. The van der Waals surface area contributed by atoms with Gasteiger partial charge < -0.3 is 10.5 Å². The van der Waals surface area contributed by atoms with E-state index in [1.54, 1.807) is 19.1 Å². The second-order valence-corrected chi connectivity index (χ2v) is 5.92. The molecule has 23 heavy (non-hydrogen) atoms. The molecule has 0 aromatic heterocycles. The van der Waals surface area contributed by atoms with Crippen molar-refractivity contribution in [2.45, 2.75) is 13.0 Å². The zero-order valence-electron chi connectivity index (χ0n) is 13.2. The molecule has 1 amide bonds. The summed E-state index contributed by atoms with van der Waals surface area (Å²) in [6.07, 6.45) is 0. The van der Waals surface area contributed by atoms with Crippen molar-refractivity contribution in [2.75, 3.05) is 39.3 Å². The Morgan fingerprint density at radius 2 is 1.83 bits per heavy atom. The second kappa shape index (κ2) is 8.29. The lowest BCUT2D eigenvalue weighted by Crippen LogP contribution is -2.51. The first-order valence-electron chi connectivity index (χ1n) is 7.68. The molecule has 1 heterocycles. The predicted octanol–water partition coefficient (Wildman–Crippen LogP) is 1.05. The maximum absolute atomic E-state index is 12.4. The Kier molecular flexibility index (Phi) is 6.38. The lowest BCUT2D eigenvalue weighted by molar-refractivity contribution is -0.151. The number of nitrogens with zero attached hydrogens (tertiary/aromatic N) is 2. The van der Waals surface area contributed by atoms with E-state index in [1.807, 2.05) is 17.0 Å². The molecule has 1 fully saturated rings. The van der Waals surface area contributed by atoms with Crippen molar-refractivity contribution in [2.24, 2.45) is 5.73 Å². The third-order valence-electron chi connectivity index (χ3n) is 3.85. The van der Waals surface area contributed by atoms with E-state index in [1.165, 1.54) is 0 Å². The van der Waals surface area contributed by atoms with Crippen LogP contribution in [0.1, 0.15) is 18.5 Å². The summed E-state index contributed by atoms with van der Waals surface area (Å²) >= 11 is 5.93. The number of ether oxygens (including phenoxy) is 1. The Morgan fingerprint density at radius 3 is 2.35 bits per heavy atom. The first-order chi connectivity index (χ1) is 11.0. The molecule has 0 aliphatic carbocycles. The van der Waals surface area contributed by atoms with E-state index in [2.05, 4.69) is 4.90 Å². The molecule has 1 aliphatic rings. The molecular weight excluding hydrogens is 318 g/mol. The Hall–Kier alpha value is -1.63. The van der Waals surface area contributed by atoms with E-state index in [9.17, 15) is 9.59 Å². The minimum Gasteiger partial charge on any atom is -0.465 e. The fourth-order valence-electron chi connectivity index (χ4n) is 2.76. The van der Waals surface area contributed by atoms with Crippen LogP contribution in [0.3, 0.4) is 0 Å². The SMILES string of the molecule is CCOC(=O)[C@H](c1ccc(Cl)cc1)N1CCN(CC(N)=O)CC1. The Morgan fingerprint density at radius 1 is 1.22 bits per heavy atom. The highest BCUT2D eigenvalue weighted by Gasteiger charge is 2.31. The molecule has 0 saturated carbocycles. The number of rotatable bonds is 6. The van der Waals surface area contributed by atoms with Gasteiger partial charge in [0, 0.05) is 31.2 Å². The van der Waals surface area contributed by atoms with Gasteiger partial charge in [-0.2, -0.15) is 0 Å². The summed E-state index contributed by atoms with van der Waals surface area (Å²) in [5, 5.41) is 0.627. The van der Waals surface area contributed by atoms with E-state index in [4.69, 9.17) is 22.1 Å². The van der Waals surface area contributed by atoms with Crippen molar-refractivity contribution >= 4 is 23.5 Å². The number of hydrogen-bond acceptors (Lipinski definition) is 5. The number of esters is 1. The second-order valence-electron chi connectivity index (χ2n) is 5.48. The van der Waals surface area contributed by atoms with Gasteiger partial charge in [-0.1, -0.05) is 23.7 Å². The summed E-state index contributed by atoms with van der Waals surface area (Å²) in [4.78, 5) is 27.5. The van der Waals surface area contributed by atoms with E-state index in [-0.39, 0.29) is 18.4 Å². The van der Waals surface area contributed by atoms with Gasteiger partial charge in [0.25, 0.3) is 0 Å². The Labute approximate surface area is 141 Å². The fourth-order valence-corrected chi connectivity index (χ4v) is 2.89. The summed E-state index contributed by atoms with van der Waals surface area (Å²) < 4.78 is 5.23. The molecule has 7 heteroatoms. The van der Waals surface area contributed by atoms with E-state index < -0.39 is 6.04 Å². The van der Waals surface area contributed by atoms with E-state index >= 15 is 0 Å². The van der Waals surface area contributed by atoms with Crippen LogP contribution < -0.4 is 5.73 Å². The van der Waals surface area contributed by atoms with Crippen LogP contribution in [0.5, 0.6) is 0 Å². The molecule has 2 rings (SSSR count). The van der Waals surface area contributed by atoms with Crippen molar-refractivity contribution in [1.29, 1.82) is 0 Å². The van der Waals surface area contributed by atoms with Crippen molar-refractivity contribution in [1.82, 2.24) is 9.80 Å². The molecule has 2 N–H and O–H groups in total. The van der Waals surface area contributed by atoms with Gasteiger partial charge in [-0.3, -0.25) is 14.6 Å². The average Bonchev–Trinajstić information content (AvgIpc) is 2.51. The molecule has 126 valence electrons. The van der Waals surface area contributed by atoms with Gasteiger partial charge in [-0.25, -0.2) is 4.79 Å². The van der Waals surface area contributed by atoms with Gasteiger partial charge in [-0.15, -0.1) is 0 Å². The fraction of sp³-hybridized carbons (Fsp3) is 0.500. The first kappa shape index (κ1) is 17.7. The molecule has 1 aromatic rings. The number of primary amides is 1. The third kappa shape index (κ3) is 4.92. The lowest BCUT2D eigenvalue weighted by Gasteiger charge is -2.37. The number of amides is 1. The maximum atomic E-state index is 12.4. The van der Waals surface area contributed by atoms with Crippen molar-refractivity contribution in [3.8, 4) is 0 Å². The number of carbonyl (C=O) groups excluding carboxylic acids is 2. The van der Waals surface area contributed by atoms with Crippen molar-refractivity contribution in [3.05, 3.63) is 34.9 Å². The summed E-state index contributed by atoms with van der Waals surface area (Å²) in [5.74, 6) is -0.601. The smallest absolute Gasteiger partial charge is 0.328 e. The topological polar surface area (TPSA) is 75.9 Å². The van der Waals surface area contributed by atoms with Crippen molar-refractivity contribution in [3.63, 3.8) is 0 Å². The van der Waals surface area contributed by atoms with Gasteiger partial charge in [0.05, 0.1) is 13.2 Å². The van der Waals surface area contributed by atoms with Gasteiger partial charge in [0.1, 0.15) is 6.04 Å². The molecule has 0 unspecified atom stereocenters. The molecular formula is C16H22ClN3O3. The Balaban J connectivity index is 2.10. The lowest BCUT2D eigenvalue weighted by atomic mass is 10.0. The molecule has 1 atom stereocenters. The monoisotopic (exact) mass is 339 g/mol. The van der Waals surface area contributed by atoms with Gasteiger partial charge in [-0.05, 0) is 24.6 Å². The normalized spacial score (nSPS) is 17.7. The van der Waals surface area contributed by atoms with Crippen LogP contribution >= 0.6 is 11.6 Å². The van der Waals surface area contributed by atoms with Crippen molar-refractivity contribution < 1.29 is 14.3 Å². The summed E-state index contributed by atoms with van der Waals surface area (Å²) in [7, 11) is 0. The summed E-state index contributed by atoms with van der Waals surface area (Å²) in [6.45, 7) is 5.09. The zero-order chi connectivity index (χ0) is 16.8. The minimum atomic E-state index is -0.456. The van der Waals surface area contributed by atoms with Crippen LogP contribution in [0.25, 0.3) is 0 Å². The van der Waals surface area contributed by atoms with Crippen LogP contribution in [0.2, 0.25) is 5.02 Å². The average molecular weight is 340 g/mol. The zero-order valence-corrected chi connectivity index (χ0v) is 14.0. The maximum Gasteiger partial charge on any atom is 0.328 e. The highest BCUT2D eigenvalue weighted by molar-refractivity contribution is 6.30. The van der Waals surface area contributed by atoms with Gasteiger partial charge in [0.15, 0.2) is 0 Å². The number of piperazine rings is 1. The number of carbonyl (C=O) groups is 2. The molecule has 0 radical (unpaired) electrons. The van der Waals surface area contributed by atoms with Gasteiger partial charge in [0.2, 0.25) is 5.91 Å². The van der Waals surface area contributed by atoms with Crippen LogP contribution in [-0.4, -0.2) is 61.0 Å². The highest BCUT2D eigenvalue weighted by Crippen LogP contribution is 2.25. The predicted molar refractivity (Wildman–Crippen MR) is 88.0 cm³/mol. The van der Waals surface area contributed by atoms with Crippen LogP contribution in [0.4, 0.5) is 0 Å². The number of benzene rings is 1. The van der Waals surface area contributed by atoms with Crippen LogP contribution in [0.15, 0.2) is 24.3 Å². The number of hydrogen-bond donors (Lipinski definition) is 1. The summed E-state index contributed by atoms with van der Waals surface area (Å²) in [6, 6.07) is 6.78. The molecule has 0 spiro atoms.